The zero-order chi connectivity index (χ0) is 28.2. The van der Waals surface area contributed by atoms with Crippen molar-refractivity contribution in [3.63, 3.8) is 0 Å². The van der Waals surface area contributed by atoms with Crippen molar-refractivity contribution in [2.45, 2.75) is 20.2 Å². The Morgan fingerprint density at radius 1 is 0.872 bits per heavy atom. The molecule has 200 valence electrons. The van der Waals surface area contributed by atoms with E-state index >= 15 is 0 Å². The number of carbonyl (C=O) groups excluding carboxylic acids is 2. The lowest BCUT2D eigenvalue weighted by Gasteiger charge is -2.12. The third kappa shape index (κ3) is 6.89. The first-order valence-electron chi connectivity index (χ1n) is 11.6. The van der Waals surface area contributed by atoms with Gasteiger partial charge in [0, 0.05) is 28.7 Å². The molecule has 2 N–H and O–H groups in total. The van der Waals surface area contributed by atoms with Gasteiger partial charge in [-0.05, 0) is 85.6 Å². The standard InChI is InChI=1S/C28H23F3N4O4/c1-16-4-5-20(26(37)38-3)14-23(16)34-25(36)19-6-10-21(11-7-19)33-27-32-15-17(2)24(35-27)18-8-12-22(13-9-18)39-28(29,30)31/h4-15H,1-3H3,(H,34,36)(H,32,33,35). The van der Waals surface area contributed by atoms with E-state index in [1.807, 2.05) is 6.92 Å². The number of esters is 1. The molecule has 3 aromatic carbocycles. The molecule has 1 aromatic heterocycles. The molecular weight excluding hydrogens is 513 g/mol. The first-order valence-corrected chi connectivity index (χ1v) is 11.6. The van der Waals surface area contributed by atoms with Crippen molar-refractivity contribution >= 4 is 29.2 Å². The normalized spacial score (nSPS) is 11.0. The summed E-state index contributed by atoms with van der Waals surface area (Å²) in [6.45, 7) is 3.60. The van der Waals surface area contributed by atoms with Gasteiger partial charge in [0.05, 0.1) is 18.4 Å². The molecule has 0 saturated carbocycles. The molecule has 0 aliphatic carbocycles. The zero-order valence-corrected chi connectivity index (χ0v) is 21.1. The lowest BCUT2D eigenvalue weighted by molar-refractivity contribution is -0.274. The number of methoxy groups -OCH3 is 1. The molecule has 0 unspecified atom stereocenters. The van der Waals surface area contributed by atoms with Crippen LogP contribution in [0.25, 0.3) is 11.3 Å². The molecule has 0 bridgehead atoms. The summed E-state index contributed by atoms with van der Waals surface area (Å²) < 4.78 is 46.0. The number of alkyl halides is 3. The summed E-state index contributed by atoms with van der Waals surface area (Å²) in [7, 11) is 1.28. The SMILES string of the molecule is COC(=O)c1ccc(C)c(NC(=O)c2ccc(Nc3ncc(C)c(-c4ccc(OC(F)(F)F)cc4)n3)cc2)c1. The maximum absolute atomic E-state index is 12.8. The predicted octanol–water partition coefficient (Wildman–Crippen LogP) is 6.44. The van der Waals surface area contributed by atoms with Crippen molar-refractivity contribution in [3.05, 3.63) is 95.2 Å². The summed E-state index contributed by atoms with van der Waals surface area (Å²) in [6.07, 6.45) is -3.18. The van der Waals surface area contributed by atoms with Crippen LogP contribution in [0.2, 0.25) is 0 Å². The van der Waals surface area contributed by atoms with Crippen molar-refractivity contribution in [2.24, 2.45) is 0 Å². The number of nitrogens with zero attached hydrogens (tertiary/aromatic N) is 2. The van der Waals surface area contributed by atoms with Gasteiger partial charge in [0.15, 0.2) is 0 Å². The Kier molecular flexibility index (Phi) is 7.80. The minimum atomic E-state index is -4.77. The number of hydrogen-bond acceptors (Lipinski definition) is 7. The van der Waals surface area contributed by atoms with E-state index in [1.165, 1.54) is 31.4 Å². The average molecular weight is 537 g/mol. The number of rotatable bonds is 7. The largest absolute Gasteiger partial charge is 0.573 e. The maximum Gasteiger partial charge on any atom is 0.573 e. The Morgan fingerprint density at radius 3 is 2.18 bits per heavy atom. The molecule has 1 heterocycles. The minimum Gasteiger partial charge on any atom is -0.465 e. The van der Waals surface area contributed by atoms with Crippen LogP contribution in [0.1, 0.15) is 31.8 Å². The summed E-state index contributed by atoms with van der Waals surface area (Å²) in [5.74, 6) is -0.932. The Morgan fingerprint density at radius 2 is 1.54 bits per heavy atom. The second-order valence-electron chi connectivity index (χ2n) is 8.48. The Bertz CT molecular complexity index is 1510. The summed E-state index contributed by atoms with van der Waals surface area (Å²) in [6, 6.07) is 16.9. The van der Waals surface area contributed by atoms with Gasteiger partial charge in [-0.3, -0.25) is 4.79 Å². The fourth-order valence-corrected chi connectivity index (χ4v) is 3.64. The quantitative estimate of drug-likeness (QED) is 0.262. The van der Waals surface area contributed by atoms with E-state index in [4.69, 9.17) is 4.74 Å². The highest BCUT2D eigenvalue weighted by atomic mass is 19.4. The predicted molar refractivity (Wildman–Crippen MR) is 139 cm³/mol. The minimum absolute atomic E-state index is 0.263. The Labute approximate surface area is 221 Å². The number of ether oxygens (including phenoxy) is 2. The van der Waals surface area contributed by atoms with Crippen molar-refractivity contribution in [3.8, 4) is 17.0 Å². The van der Waals surface area contributed by atoms with Crippen molar-refractivity contribution < 1.29 is 32.2 Å². The fraction of sp³-hybridized carbons (Fsp3) is 0.143. The molecule has 11 heteroatoms. The van der Waals surface area contributed by atoms with Crippen molar-refractivity contribution in [1.29, 1.82) is 0 Å². The monoisotopic (exact) mass is 536 g/mol. The van der Waals surface area contributed by atoms with E-state index in [-0.39, 0.29) is 17.6 Å². The van der Waals surface area contributed by atoms with E-state index in [2.05, 4.69) is 25.3 Å². The van der Waals surface area contributed by atoms with Crippen LogP contribution in [0, 0.1) is 13.8 Å². The average Bonchev–Trinajstić information content (AvgIpc) is 2.90. The summed E-state index contributed by atoms with van der Waals surface area (Å²) in [4.78, 5) is 33.3. The molecule has 8 nitrogen and oxygen atoms in total. The molecule has 0 spiro atoms. The second kappa shape index (κ2) is 11.2. The van der Waals surface area contributed by atoms with E-state index in [1.54, 1.807) is 55.6 Å². The first kappa shape index (κ1) is 27.1. The van der Waals surface area contributed by atoms with Crippen LogP contribution in [-0.2, 0) is 4.74 Å². The van der Waals surface area contributed by atoms with Crippen LogP contribution in [0.15, 0.2) is 72.9 Å². The third-order valence-electron chi connectivity index (χ3n) is 5.64. The van der Waals surface area contributed by atoms with Crippen molar-refractivity contribution in [1.82, 2.24) is 9.97 Å². The number of hydrogen-bond donors (Lipinski definition) is 2. The van der Waals surface area contributed by atoms with Gasteiger partial charge in [-0.2, -0.15) is 0 Å². The van der Waals surface area contributed by atoms with Gasteiger partial charge < -0.3 is 20.1 Å². The van der Waals surface area contributed by atoms with E-state index in [9.17, 15) is 22.8 Å². The number of aryl methyl sites for hydroxylation is 2. The molecule has 0 atom stereocenters. The van der Waals surface area contributed by atoms with Gasteiger partial charge in [0.1, 0.15) is 5.75 Å². The van der Waals surface area contributed by atoms with Crippen LogP contribution < -0.4 is 15.4 Å². The molecule has 4 rings (SSSR count). The van der Waals surface area contributed by atoms with Gasteiger partial charge in [-0.1, -0.05) is 6.07 Å². The van der Waals surface area contributed by atoms with E-state index in [0.29, 0.717) is 33.8 Å². The molecule has 0 aliphatic heterocycles. The highest BCUT2D eigenvalue weighted by Crippen LogP contribution is 2.28. The van der Waals surface area contributed by atoms with Gasteiger partial charge in [0.25, 0.3) is 5.91 Å². The van der Waals surface area contributed by atoms with Crippen LogP contribution >= 0.6 is 0 Å². The first-order chi connectivity index (χ1) is 18.5. The van der Waals surface area contributed by atoms with Crippen LogP contribution in [0.3, 0.4) is 0 Å². The number of halogens is 3. The molecular formula is C28H23F3N4O4. The van der Waals surface area contributed by atoms with Gasteiger partial charge in [-0.15, -0.1) is 13.2 Å². The topological polar surface area (TPSA) is 102 Å². The number of benzene rings is 3. The second-order valence-corrected chi connectivity index (χ2v) is 8.48. The summed E-state index contributed by atoms with van der Waals surface area (Å²) >= 11 is 0. The lowest BCUT2D eigenvalue weighted by Crippen LogP contribution is -2.16. The highest BCUT2D eigenvalue weighted by Gasteiger charge is 2.31. The van der Waals surface area contributed by atoms with Crippen molar-refractivity contribution in [2.75, 3.05) is 17.7 Å². The lowest BCUT2D eigenvalue weighted by atomic mass is 10.1. The van der Waals surface area contributed by atoms with Crippen LogP contribution in [-0.4, -0.2) is 35.3 Å². The molecule has 4 aromatic rings. The zero-order valence-electron chi connectivity index (χ0n) is 21.1. The Balaban J connectivity index is 1.46. The number of amides is 1. The smallest absolute Gasteiger partial charge is 0.465 e. The number of anilines is 3. The maximum atomic E-state index is 12.8. The third-order valence-corrected chi connectivity index (χ3v) is 5.64. The van der Waals surface area contributed by atoms with Gasteiger partial charge >= 0.3 is 12.3 Å². The summed E-state index contributed by atoms with van der Waals surface area (Å²) in [5.41, 5.74) is 4.43. The van der Waals surface area contributed by atoms with E-state index < -0.39 is 12.3 Å². The molecule has 0 fully saturated rings. The van der Waals surface area contributed by atoms with E-state index in [0.717, 1.165) is 11.1 Å². The summed E-state index contributed by atoms with van der Waals surface area (Å²) in [5, 5.41) is 5.86. The molecule has 0 saturated heterocycles. The fourth-order valence-electron chi connectivity index (χ4n) is 3.64. The molecule has 1 amide bonds. The van der Waals surface area contributed by atoms with Gasteiger partial charge in [0.2, 0.25) is 5.95 Å². The number of aromatic nitrogens is 2. The number of nitrogens with one attached hydrogen (secondary N) is 2. The van der Waals surface area contributed by atoms with Crippen LogP contribution in [0.4, 0.5) is 30.5 Å². The number of carbonyl (C=O) groups is 2. The highest BCUT2D eigenvalue weighted by molar-refractivity contribution is 6.05. The molecule has 0 aliphatic rings. The Hall–Kier alpha value is -4.93. The van der Waals surface area contributed by atoms with Gasteiger partial charge in [-0.25, -0.2) is 14.8 Å². The van der Waals surface area contributed by atoms with Crippen LogP contribution in [0.5, 0.6) is 5.75 Å². The molecule has 0 radical (unpaired) electrons. The molecule has 39 heavy (non-hydrogen) atoms.